The van der Waals surface area contributed by atoms with Gasteiger partial charge in [0.1, 0.15) is 5.15 Å². The number of rotatable bonds is 5. The fourth-order valence-electron chi connectivity index (χ4n) is 1.48. The van der Waals surface area contributed by atoms with Crippen LogP contribution in [0.5, 0.6) is 0 Å². The van der Waals surface area contributed by atoms with Crippen LogP contribution in [0.4, 0.5) is 5.69 Å². The number of halogens is 1. The van der Waals surface area contributed by atoms with Crippen molar-refractivity contribution < 1.29 is 9.90 Å². The first-order valence-corrected chi connectivity index (χ1v) is 6.21. The summed E-state index contributed by atoms with van der Waals surface area (Å²) in [5.41, 5.74) is 5.29. The highest BCUT2D eigenvalue weighted by molar-refractivity contribution is 6.29. The van der Waals surface area contributed by atoms with E-state index < -0.39 is 5.60 Å². The van der Waals surface area contributed by atoms with Crippen molar-refractivity contribution in [2.75, 3.05) is 12.3 Å². The zero-order valence-corrected chi connectivity index (χ0v) is 11.3. The monoisotopic (exact) mass is 271 g/mol. The average Bonchev–Trinajstić information content (AvgIpc) is 2.38. The quantitative estimate of drug-likeness (QED) is 0.710. The number of carbonyl (C=O) groups excluding carboxylic acids is 1. The Morgan fingerprint density at radius 2 is 2.17 bits per heavy atom. The van der Waals surface area contributed by atoms with Crippen LogP contribution >= 0.6 is 11.6 Å². The van der Waals surface area contributed by atoms with Crippen molar-refractivity contribution in [1.29, 1.82) is 0 Å². The van der Waals surface area contributed by atoms with Gasteiger partial charge in [0.15, 0.2) is 0 Å². The molecule has 5 nitrogen and oxygen atoms in total. The minimum Gasteiger partial charge on any atom is -0.397 e. The molecule has 1 rings (SSSR count). The first-order chi connectivity index (χ1) is 8.41. The molecule has 0 aromatic carbocycles. The summed E-state index contributed by atoms with van der Waals surface area (Å²) in [6.45, 7) is 3.92. The Balaban J connectivity index is 2.74. The highest BCUT2D eigenvalue weighted by Gasteiger charge is 2.23. The van der Waals surface area contributed by atoms with Crippen LogP contribution in [-0.4, -0.2) is 28.1 Å². The lowest BCUT2D eigenvalue weighted by Gasteiger charge is -2.25. The van der Waals surface area contributed by atoms with Gasteiger partial charge in [-0.3, -0.25) is 4.79 Å². The first-order valence-electron chi connectivity index (χ1n) is 5.83. The van der Waals surface area contributed by atoms with Gasteiger partial charge in [-0.1, -0.05) is 25.4 Å². The standard InChI is InChI=1S/C12H18ClN3O2/c1-3-12(18,4-2)7-16-11(17)8-5-10(13)15-6-9(8)14/h5-6,18H,3-4,7,14H2,1-2H3,(H,16,17). The normalized spacial score (nSPS) is 11.3. The highest BCUT2D eigenvalue weighted by atomic mass is 35.5. The molecule has 0 aliphatic heterocycles. The maximum atomic E-state index is 11.9. The summed E-state index contributed by atoms with van der Waals surface area (Å²) in [6, 6.07) is 1.41. The Labute approximate surface area is 111 Å². The zero-order chi connectivity index (χ0) is 13.8. The van der Waals surface area contributed by atoms with Crippen molar-refractivity contribution in [3.8, 4) is 0 Å². The third-order valence-electron chi connectivity index (χ3n) is 3.04. The van der Waals surface area contributed by atoms with Gasteiger partial charge >= 0.3 is 0 Å². The van der Waals surface area contributed by atoms with Crippen molar-refractivity contribution in [2.24, 2.45) is 0 Å². The van der Waals surface area contributed by atoms with Gasteiger partial charge in [0.05, 0.1) is 23.0 Å². The number of carbonyl (C=O) groups is 1. The molecule has 0 spiro atoms. The molecule has 1 heterocycles. The Bertz CT molecular complexity index is 433. The second-order valence-corrected chi connectivity index (χ2v) is 4.60. The summed E-state index contributed by atoms with van der Waals surface area (Å²) in [7, 11) is 0. The van der Waals surface area contributed by atoms with E-state index in [1.807, 2.05) is 13.8 Å². The first kappa shape index (κ1) is 14.7. The molecule has 1 amide bonds. The van der Waals surface area contributed by atoms with Crippen molar-refractivity contribution in [1.82, 2.24) is 10.3 Å². The van der Waals surface area contributed by atoms with Crippen molar-refractivity contribution in [2.45, 2.75) is 32.3 Å². The average molecular weight is 272 g/mol. The van der Waals surface area contributed by atoms with E-state index in [0.717, 1.165) is 0 Å². The van der Waals surface area contributed by atoms with Gasteiger partial charge in [-0.05, 0) is 18.9 Å². The summed E-state index contributed by atoms with van der Waals surface area (Å²) in [5, 5.41) is 12.9. The Morgan fingerprint density at radius 1 is 1.56 bits per heavy atom. The lowest BCUT2D eigenvalue weighted by atomic mass is 9.97. The maximum Gasteiger partial charge on any atom is 0.253 e. The molecule has 1 aromatic heterocycles. The third-order valence-corrected chi connectivity index (χ3v) is 3.25. The fraction of sp³-hybridized carbons (Fsp3) is 0.500. The summed E-state index contributed by atoms with van der Waals surface area (Å²) in [5.74, 6) is -0.364. The third kappa shape index (κ3) is 3.58. The van der Waals surface area contributed by atoms with Crippen LogP contribution in [0, 0.1) is 0 Å². The van der Waals surface area contributed by atoms with Crippen LogP contribution in [0.1, 0.15) is 37.0 Å². The fourth-order valence-corrected chi connectivity index (χ4v) is 1.64. The number of hydrogen-bond acceptors (Lipinski definition) is 4. The molecule has 0 atom stereocenters. The molecule has 100 valence electrons. The van der Waals surface area contributed by atoms with Crippen LogP contribution in [-0.2, 0) is 0 Å². The van der Waals surface area contributed by atoms with E-state index in [1.165, 1.54) is 12.3 Å². The second kappa shape index (κ2) is 6.02. The minimum absolute atomic E-state index is 0.179. The smallest absolute Gasteiger partial charge is 0.253 e. The van der Waals surface area contributed by atoms with E-state index in [4.69, 9.17) is 17.3 Å². The summed E-state index contributed by atoms with van der Waals surface area (Å²) < 4.78 is 0. The van der Waals surface area contributed by atoms with Crippen LogP contribution in [0.15, 0.2) is 12.3 Å². The predicted molar refractivity (Wildman–Crippen MR) is 71.5 cm³/mol. The van der Waals surface area contributed by atoms with Crippen LogP contribution in [0.3, 0.4) is 0 Å². The SMILES string of the molecule is CCC(O)(CC)CNC(=O)c1cc(Cl)ncc1N. The molecular weight excluding hydrogens is 254 g/mol. The Kier molecular flexibility index (Phi) is 4.93. The summed E-state index contributed by atoms with van der Waals surface area (Å²) in [6.07, 6.45) is 2.47. The minimum atomic E-state index is -0.888. The number of nitrogens with one attached hydrogen (secondary N) is 1. The number of anilines is 1. The molecule has 0 fully saturated rings. The number of hydrogen-bond donors (Lipinski definition) is 3. The molecule has 0 bridgehead atoms. The molecule has 0 aliphatic rings. The molecule has 1 aromatic rings. The molecule has 0 radical (unpaired) electrons. The van der Waals surface area contributed by atoms with Gasteiger partial charge < -0.3 is 16.2 Å². The molecule has 0 unspecified atom stereocenters. The number of pyridine rings is 1. The Morgan fingerprint density at radius 3 is 2.72 bits per heavy atom. The van der Waals surface area contributed by atoms with Gasteiger partial charge in [0.2, 0.25) is 0 Å². The van der Waals surface area contributed by atoms with Gasteiger partial charge in [0.25, 0.3) is 5.91 Å². The molecular formula is C12H18ClN3O2. The number of nitrogens with two attached hydrogens (primary N) is 1. The van der Waals surface area contributed by atoms with E-state index in [-0.39, 0.29) is 28.9 Å². The van der Waals surface area contributed by atoms with Crippen LogP contribution in [0.2, 0.25) is 5.15 Å². The van der Waals surface area contributed by atoms with E-state index in [0.29, 0.717) is 12.8 Å². The molecule has 0 saturated carbocycles. The van der Waals surface area contributed by atoms with Gasteiger partial charge in [-0.2, -0.15) is 0 Å². The van der Waals surface area contributed by atoms with Gasteiger partial charge in [-0.25, -0.2) is 4.98 Å². The number of amides is 1. The number of nitrogen functional groups attached to an aromatic ring is 1. The maximum absolute atomic E-state index is 11.9. The molecule has 0 aliphatic carbocycles. The number of nitrogens with zero attached hydrogens (tertiary/aromatic N) is 1. The largest absolute Gasteiger partial charge is 0.397 e. The van der Waals surface area contributed by atoms with Crippen molar-refractivity contribution >= 4 is 23.2 Å². The summed E-state index contributed by atoms with van der Waals surface area (Å²) in [4.78, 5) is 15.7. The molecule has 6 heteroatoms. The van der Waals surface area contributed by atoms with Crippen molar-refractivity contribution in [3.05, 3.63) is 23.0 Å². The van der Waals surface area contributed by atoms with Gasteiger partial charge in [-0.15, -0.1) is 0 Å². The predicted octanol–water partition coefficient (Wildman–Crippen LogP) is 1.60. The van der Waals surface area contributed by atoms with E-state index in [1.54, 1.807) is 0 Å². The Hall–Kier alpha value is -1.33. The topological polar surface area (TPSA) is 88.2 Å². The highest BCUT2D eigenvalue weighted by Crippen LogP contribution is 2.16. The lowest BCUT2D eigenvalue weighted by Crippen LogP contribution is -2.42. The molecule has 4 N–H and O–H groups in total. The number of aromatic nitrogens is 1. The lowest BCUT2D eigenvalue weighted by molar-refractivity contribution is 0.0314. The van der Waals surface area contributed by atoms with Crippen LogP contribution in [0.25, 0.3) is 0 Å². The zero-order valence-electron chi connectivity index (χ0n) is 10.5. The van der Waals surface area contributed by atoms with Gasteiger partial charge in [0, 0.05) is 6.54 Å². The van der Waals surface area contributed by atoms with Crippen molar-refractivity contribution in [3.63, 3.8) is 0 Å². The molecule has 0 saturated heterocycles. The molecule has 18 heavy (non-hydrogen) atoms. The van der Waals surface area contributed by atoms with E-state index in [2.05, 4.69) is 10.3 Å². The summed E-state index contributed by atoms with van der Waals surface area (Å²) >= 11 is 5.71. The number of aliphatic hydroxyl groups is 1. The van der Waals surface area contributed by atoms with E-state index >= 15 is 0 Å². The van der Waals surface area contributed by atoms with Crippen LogP contribution < -0.4 is 11.1 Å². The van der Waals surface area contributed by atoms with E-state index in [9.17, 15) is 9.90 Å². The second-order valence-electron chi connectivity index (χ2n) is 4.21.